The second kappa shape index (κ2) is 8.06. The Morgan fingerprint density at radius 1 is 1.38 bits per heavy atom. The van der Waals surface area contributed by atoms with Crippen molar-refractivity contribution in [1.82, 2.24) is 0 Å². The van der Waals surface area contributed by atoms with Crippen LogP contribution in [-0.4, -0.2) is 11.7 Å². The molecule has 0 saturated heterocycles. The van der Waals surface area contributed by atoms with Gasteiger partial charge in [-0.25, -0.2) is 0 Å². The van der Waals surface area contributed by atoms with E-state index in [9.17, 15) is 0 Å². The summed E-state index contributed by atoms with van der Waals surface area (Å²) in [5, 5.41) is 8.81. The van der Waals surface area contributed by atoms with E-state index in [2.05, 4.69) is 25.2 Å². The van der Waals surface area contributed by atoms with E-state index < -0.39 is 0 Å². The zero-order valence-corrected chi connectivity index (χ0v) is 9.09. The van der Waals surface area contributed by atoms with Crippen LogP contribution in [0, 0.1) is 5.92 Å². The molecule has 1 atom stereocenters. The first-order valence-corrected chi connectivity index (χ1v) is 5.29. The van der Waals surface area contributed by atoms with Gasteiger partial charge in [0.25, 0.3) is 0 Å². The van der Waals surface area contributed by atoms with E-state index in [0.29, 0.717) is 12.5 Å². The first kappa shape index (κ1) is 12.4. The SMILES string of the molecule is CC.CC(CO)CC1=CCCC=C1. The summed E-state index contributed by atoms with van der Waals surface area (Å²) in [4.78, 5) is 0. The fourth-order valence-corrected chi connectivity index (χ4v) is 1.29. The van der Waals surface area contributed by atoms with Crippen molar-refractivity contribution in [3.05, 3.63) is 23.8 Å². The molecule has 0 radical (unpaired) electrons. The van der Waals surface area contributed by atoms with E-state index in [1.807, 2.05) is 13.8 Å². The van der Waals surface area contributed by atoms with E-state index in [1.54, 1.807) is 0 Å². The molecule has 0 aliphatic heterocycles. The van der Waals surface area contributed by atoms with Gasteiger partial charge in [-0.1, -0.05) is 44.6 Å². The third-order valence-corrected chi connectivity index (χ3v) is 1.97. The third-order valence-electron chi connectivity index (χ3n) is 1.97. The second-order valence-electron chi connectivity index (χ2n) is 3.25. The zero-order chi connectivity index (χ0) is 10.1. The zero-order valence-electron chi connectivity index (χ0n) is 9.09. The van der Waals surface area contributed by atoms with E-state index in [1.165, 1.54) is 18.4 Å². The molecule has 1 N–H and O–H groups in total. The largest absolute Gasteiger partial charge is 0.396 e. The van der Waals surface area contributed by atoms with E-state index in [-0.39, 0.29) is 0 Å². The Labute approximate surface area is 82.2 Å². The smallest absolute Gasteiger partial charge is 0.0459 e. The topological polar surface area (TPSA) is 20.2 Å². The van der Waals surface area contributed by atoms with Crippen LogP contribution in [0.1, 0.15) is 40.0 Å². The van der Waals surface area contributed by atoms with Crippen molar-refractivity contribution >= 4 is 0 Å². The van der Waals surface area contributed by atoms with Gasteiger partial charge in [0.2, 0.25) is 0 Å². The third kappa shape index (κ3) is 5.64. The van der Waals surface area contributed by atoms with Crippen molar-refractivity contribution in [3.8, 4) is 0 Å². The fourth-order valence-electron chi connectivity index (χ4n) is 1.29. The van der Waals surface area contributed by atoms with Crippen LogP contribution in [0.2, 0.25) is 0 Å². The van der Waals surface area contributed by atoms with Gasteiger partial charge in [0.05, 0.1) is 0 Å². The Hall–Kier alpha value is -0.560. The number of hydrogen-bond acceptors (Lipinski definition) is 1. The number of aliphatic hydroxyl groups is 1. The lowest BCUT2D eigenvalue weighted by Crippen LogP contribution is -2.01. The summed E-state index contributed by atoms with van der Waals surface area (Å²) in [6.45, 7) is 6.37. The predicted molar refractivity (Wildman–Crippen MR) is 58.7 cm³/mol. The highest BCUT2D eigenvalue weighted by atomic mass is 16.3. The molecule has 0 saturated carbocycles. The lowest BCUT2D eigenvalue weighted by Gasteiger charge is -2.10. The number of hydrogen-bond donors (Lipinski definition) is 1. The van der Waals surface area contributed by atoms with Gasteiger partial charge in [0.1, 0.15) is 0 Å². The molecule has 1 nitrogen and oxygen atoms in total. The molecule has 13 heavy (non-hydrogen) atoms. The minimum Gasteiger partial charge on any atom is -0.396 e. The number of allylic oxidation sites excluding steroid dienone is 4. The maximum atomic E-state index is 8.81. The van der Waals surface area contributed by atoms with Crippen LogP contribution in [0.15, 0.2) is 23.8 Å². The minimum absolute atomic E-state index is 0.297. The molecule has 76 valence electrons. The first-order chi connectivity index (χ1) is 6.33. The predicted octanol–water partition coefficient (Wildman–Crippen LogP) is 3.31. The van der Waals surface area contributed by atoms with Gasteiger partial charge in [-0.05, 0) is 25.2 Å². The van der Waals surface area contributed by atoms with Gasteiger partial charge in [-0.15, -0.1) is 0 Å². The molecule has 0 aromatic carbocycles. The molecular formula is C12H22O. The summed E-state index contributed by atoms with van der Waals surface area (Å²) >= 11 is 0. The van der Waals surface area contributed by atoms with Crippen molar-refractivity contribution in [2.75, 3.05) is 6.61 Å². The van der Waals surface area contributed by atoms with Gasteiger partial charge in [-0.2, -0.15) is 0 Å². The lowest BCUT2D eigenvalue weighted by molar-refractivity contribution is 0.237. The summed E-state index contributed by atoms with van der Waals surface area (Å²) in [5.41, 5.74) is 1.39. The van der Waals surface area contributed by atoms with Crippen molar-refractivity contribution in [2.45, 2.75) is 40.0 Å². The molecule has 0 bridgehead atoms. The molecule has 1 unspecified atom stereocenters. The molecule has 0 aromatic heterocycles. The maximum absolute atomic E-state index is 8.81. The molecule has 0 aromatic rings. The highest BCUT2D eigenvalue weighted by Crippen LogP contribution is 2.17. The Bertz CT molecular complexity index is 168. The monoisotopic (exact) mass is 182 g/mol. The van der Waals surface area contributed by atoms with Gasteiger partial charge >= 0.3 is 0 Å². The molecule has 0 spiro atoms. The van der Waals surface area contributed by atoms with Crippen LogP contribution in [-0.2, 0) is 0 Å². The summed E-state index contributed by atoms with van der Waals surface area (Å²) < 4.78 is 0. The maximum Gasteiger partial charge on any atom is 0.0459 e. The average molecular weight is 182 g/mol. The minimum atomic E-state index is 0.297. The molecule has 1 aliphatic rings. The van der Waals surface area contributed by atoms with Crippen LogP contribution in [0.5, 0.6) is 0 Å². The first-order valence-electron chi connectivity index (χ1n) is 5.29. The summed E-state index contributed by atoms with van der Waals surface area (Å²) in [7, 11) is 0. The Balaban J connectivity index is 0.000000671. The summed E-state index contributed by atoms with van der Waals surface area (Å²) in [6, 6.07) is 0. The van der Waals surface area contributed by atoms with Crippen molar-refractivity contribution in [2.24, 2.45) is 5.92 Å². The van der Waals surface area contributed by atoms with E-state index in [4.69, 9.17) is 5.11 Å². The van der Waals surface area contributed by atoms with Crippen LogP contribution in [0.3, 0.4) is 0 Å². The molecule has 1 rings (SSSR count). The van der Waals surface area contributed by atoms with Crippen LogP contribution in [0.25, 0.3) is 0 Å². The second-order valence-corrected chi connectivity index (χ2v) is 3.25. The standard InChI is InChI=1S/C10H16O.C2H6/c1-9(8-11)7-10-5-3-2-4-6-10;1-2/h3,5-6,9,11H,2,4,7-8H2,1H3;1-2H3. The van der Waals surface area contributed by atoms with E-state index >= 15 is 0 Å². The Kier molecular flexibility index (Phi) is 7.71. The number of rotatable bonds is 3. The number of aliphatic hydroxyl groups excluding tert-OH is 1. The molecule has 0 amide bonds. The van der Waals surface area contributed by atoms with Crippen molar-refractivity contribution < 1.29 is 5.11 Å². The van der Waals surface area contributed by atoms with Gasteiger partial charge < -0.3 is 5.11 Å². The molecule has 1 heteroatoms. The quantitative estimate of drug-likeness (QED) is 0.710. The lowest BCUT2D eigenvalue weighted by atomic mass is 9.97. The normalized spacial score (nSPS) is 17.1. The average Bonchev–Trinajstić information content (AvgIpc) is 2.22. The fraction of sp³-hybridized carbons (Fsp3) is 0.667. The van der Waals surface area contributed by atoms with Gasteiger partial charge in [0.15, 0.2) is 0 Å². The Morgan fingerprint density at radius 2 is 2.08 bits per heavy atom. The van der Waals surface area contributed by atoms with Crippen LogP contribution < -0.4 is 0 Å². The molecule has 0 heterocycles. The van der Waals surface area contributed by atoms with Gasteiger partial charge in [-0.3, -0.25) is 0 Å². The van der Waals surface area contributed by atoms with E-state index in [0.717, 1.165) is 6.42 Å². The molecule has 0 fully saturated rings. The Morgan fingerprint density at radius 3 is 2.54 bits per heavy atom. The summed E-state index contributed by atoms with van der Waals surface area (Å²) in [5.74, 6) is 0.406. The summed E-state index contributed by atoms with van der Waals surface area (Å²) in [6.07, 6.45) is 10.0. The highest BCUT2D eigenvalue weighted by molar-refractivity contribution is 5.22. The highest BCUT2D eigenvalue weighted by Gasteiger charge is 2.03. The molecular weight excluding hydrogens is 160 g/mol. The van der Waals surface area contributed by atoms with Crippen LogP contribution >= 0.6 is 0 Å². The van der Waals surface area contributed by atoms with Gasteiger partial charge in [0, 0.05) is 6.61 Å². The molecule has 1 aliphatic carbocycles. The van der Waals surface area contributed by atoms with Crippen molar-refractivity contribution in [3.63, 3.8) is 0 Å². The van der Waals surface area contributed by atoms with Crippen molar-refractivity contribution in [1.29, 1.82) is 0 Å². The van der Waals surface area contributed by atoms with Crippen LogP contribution in [0.4, 0.5) is 0 Å².